The van der Waals surface area contributed by atoms with Gasteiger partial charge in [-0.2, -0.15) is 0 Å². The van der Waals surface area contributed by atoms with Gasteiger partial charge in [-0.15, -0.1) is 0 Å². The van der Waals surface area contributed by atoms with E-state index in [2.05, 4.69) is 15.4 Å². The molecule has 0 atom stereocenters. The Morgan fingerprint density at radius 2 is 1.54 bits per heavy atom. The zero-order valence-electron chi connectivity index (χ0n) is 16.5. The Hall–Kier alpha value is -2.94. The fraction of sp³-hybridized carbons (Fsp3) is 0.316. The number of sulfonamides is 1. The second kappa shape index (κ2) is 8.39. The Morgan fingerprint density at radius 1 is 0.929 bits per heavy atom. The minimum Gasteiger partial charge on any atom is -0.497 e. The highest BCUT2D eigenvalue weighted by molar-refractivity contribution is 7.92. The molecule has 28 heavy (non-hydrogen) atoms. The first-order valence-corrected chi connectivity index (χ1v) is 9.96. The SMILES string of the molecule is COc1ccc(NS(=O)(=O)c2cc(NC(=O)NC(C)(C)C)ccc2OC)cc1. The maximum atomic E-state index is 12.9. The van der Waals surface area contributed by atoms with E-state index in [4.69, 9.17) is 9.47 Å². The molecule has 0 saturated carbocycles. The van der Waals surface area contributed by atoms with Crippen molar-refractivity contribution in [1.29, 1.82) is 0 Å². The minimum absolute atomic E-state index is 0.0978. The van der Waals surface area contributed by atoms with Crippen LogP contribution in [0.4, 0.5) is 16.2 Å². The van der Waals surface area contributed by atoms with E-state index >= 15 is 0 Å². The summed E-state index contributed by atoms with van der Waals surface area (Å²) in [5, 5.41) is 5.37. The van der Waals surface area contributed by atoms with Gasteiger partial charge in [-0.25, -0.2) is 13.2 Å². The summed E-state index contributed by atoms with van der Waals surface area (Å²) in [6.45, 7) is 5.53. The van der Waals surface area contributed by atoms with Gasteiger partial charge < -0.3 is 20.1 Å². The number of anilines is 2. The number of ether oxygens (including phenoxy) is 2. The third kappa shape index (κ3) is 5.78. The number of hydrogen-bond acceptors (Lipinski definition) is 5. The van der Waals surface area contributed by atoms with E-state index in [1.165, 1.54) is 26.4 Å². The number of urea groups is 1. The zero-order chi connectivity index (χ0) is 20.9. The molecular formula is C19H25N3O5S. The second-order valence-electron chi connectivity index (χ2n) is 7.03. The molecule has 9 heteroatoms. The highest BCUT2D eigenvalue weighted by atomic mass is 32.2. The van der Waals surface area contributed by atoms with E-state index < -0.39 is 21.6 Å². The Kier molecular flexibility index (Phi) is 6.40. The lowest BCUT2D eigenvalue weighted by molar-refractivity contribution is 0.244. The normalized spacial score (nSPS) is 11.5. The Bertz CT molecular complexity index is 935. The summed E-state index contributed by atoms with van der Waals surface area (Å²) in [7, 11) is -1.05. The molecule has 0 unspecified atom stereocenters. The van der Waals surface area contributed by atoms with Crippen molar-refractivity contribution in [3.05, 3.63) is 42.5 Å². The van der Waals surface area contributed by atoms with E-state index in [-0.39, 0.29) is 10.6 Å². The zero-order valence-corrected chi connectivity index (χ0v) is 17.3. The highest BCUT2D eigenvalue weighted by Crippen LogP contribution is 2.29. The molecule has 0 aliphatic heterocycles. The molecule has 2 amide bonds. The summed E-state index contributed by atoms with van der Waals surface area (Å²) < 4.78 is 38.4. The molecule has 2 aromatic carbocycles. The largest absolute Gasteiger partial charge is 0.497 e. The van der Waals surface area contributed by atoms with Crippen LogP contribution in [-0.2, 0) is 10.0 Å². The molecule has 2 aromatic rings. The summed E-state index contributed by atoms with van der Waals surface area (Å²) >= 11 is 0. The van der Waals surface area contributed by atoms with Crippen LogP contribution in [0.1, 0.15) is 20.8 Å². The maximum absolute atomic E-state index is 12.9. The average Bonchev–Trinajstić information content (AvgIpc) is 2.60. The Labute approximate surface area is 165 Å². The van der Waals surface area contributed by atoms with Crippen molar-refractivity contribution < 1.29 is 22.7 Å². The smallest absolute Gasteiger partial charge is 0.319 e. The first-order valence-electron chi connectivity index (χ1n) is 8.48. The van der Waals surface area contributed by atoms with Gasteiger partial charge in [0.25, 0.3) is 10.0 Å². The standard InChI is InChI=1S/C19H25N3O5S/c1-19(2,3)21-18(23)20-14-8-11-16(27-5)17(12-14)28(24,25)22-13-6-9-15(26-4)10-7-13/h6-12,22H,1-5H3,(H2,20,21,23). The molecule has 152 valence electrons. The quantitative estimate of drug-likeness (QED) is 0.680. The molecule has 2 rings (SSSR count). The summed E-state index contributed by atoms with van der Waals surface area (Å²) in [4.78, 5) is 12.0. The van der Waals surface area contributed by atoms with Crippen LogP contribution >= 0.6 is 0 Å². The number of rotatable bonds is 6. The monoisotopic (exact) mass is 407 g/mol. The molecule has 0 radical (unpaired) electrons. The molecule has 0 saturated heterocycles. The lowest BCUT2D eigenvalue weighted by Gasteiger charge is -2.21. The van der Waals surface area contributed by atoms with E-state index in [1.807, 2.05) is 20.8 Å². The topological polar surface area (TPSA) is 106 Å². The fourth-order valence-electron chi connectivity index (χ4n) is 2.34. The van der Waals surface area contributed by atoms with Gasteiger partial charge in [-0.3, -0.25) is 4.72 Å². The first kappa shape index (κ1) is 21.4. The predicted molar refractivity (Wildman–Crippen MR) is 109 cm³/mol. The summed E-state index contributed by atoms with van der Waals surface area (Å²) in [6.07, 6.45) is 0. The van der Waals surface area contributed by atoms with Gasteiger partial charge in [0.15, 0.2) is 0 Å². The fourth-order valence-corrected chi connectivity index (χ4v) is 3.59. The van der Waals surface area contributed by atoms with Crippen LogP contribution in [0.25, 0.3) is 0 Å². The minimum atomic E-state index is -3.96. The van der Waals surface area contributed by atoms with Crippen molar-refractivity contribution in [1.82, 2.24) is 5.32 Å². The molecule has 0 aliphatic carbocycles. The summed E-state index contributed by atoms with van der Waals surface area (Å²) in [6, 6.07) is 10.4. The third-order valence-corrected chi connectivity index (χ3v) is 4.94. The van der Waals surface area contributed by atoms with Crippen LogP contribution in [0.5, 0.6) is 11.5 Å². The van der Waals surface area contributed by atoms with E-state index in [1.54, 1.807) is 30.3 Å². The molecule has 0 aromatic heterocycles. The lowest BCUT2D eigenvalue weighted by atomic mass is 10.1. The van der Waals surface area contributed by atoms with Gasteiger partial charge in [0, 0.05) is 16.9 Å². The van der Waals surface area contributed by atoms with Crippen molar-refractivity contribution in [3.8, 4) is 11.5 Å². The van der Waals surface area contributed by atoms with Gasteiger partial charge in [0.1, 0.15) is 16.4 Å². The summed E-state index contributed by atoms with van der Waals surface area (Å²) in [5.74, 6) is 0.763. The van der Waals surface area contributed by atoms with Crippen molar-refractivity contribution in [3.63, 3.8) is 0 Å². The maximum Gasteiger partial charge on any atom is 0.319 e. The first-order chi connectivity index (χ1) is 13.0. The van der Waals surface area contributed by atoms with Crippen molar-refractivity contribution in [2.75, 3.05) is 24.3 Å². The third-order valence-electron chi connectivity index (χ3n) is 3.54. The predicted octanol–water partition coefficient (Wildman–Crippen LogP) is 3.42. The van der Waals surface area contributed by atoms with Gasteiger partial charge in [-0.1, -0.05) is 0 Å². The average molecular weight is 407 g/mol. The van der Waals surface area contributed by atoms with Gasteiger partial charge in [-0.05, 0) is 63.2 Å². The molecule has 0 aliphatic rings. The Balaban J connectivity index is 2.29. The Morgan fingerprint density at radius 3 is 2.07 bits per heavy atom. The van der Waals surface area contributed by atoms with Crippen LogP contribution in [-0.4, -0.2) is 34.2 Å². The van der Waals surface area contributed by atoms with E-state index in [0.717, 1.165) is 0 Å². The molecule has 0 heterocycles. The lowest BCUT2D eigenvalue weighted by Crippen LogP contribution is -2.43. The number of hydrogen-bond donors (Lipinski definition) is 3. The molecular weight excluding hydrogens is 382 g/mol. The molecule has 0 fully saturated rings. The molecule has 3 N–H and O–H groups in total. The second-order valence-corrected chi connectivity index (χ2v) is 8.68. The van der Waals surface area contributed by atoms with Gasteiger partial charge in [0.2, 0.25) is 0 Å². The van der Waals surface area contributed by atoms with Crippen LogP contribution in [0.15, 0.2) is 47.4 Å². The van der Waals surface area contributed by atoms with Gasteiger partial charge in [0.05, 0.1) is 14.2 Å². The number of nitrogens with one attached hydrogen (secondary N) is 3. The van der Waals surface area contributed by atoms with E-state index in [9.17, 15) is 13.2 Å². The number of methoxy groups -OCH3 is 2. The summed E-state index contributed by atoms with van der Waals surface area (Å²) in [5.41, 5.74) is 0.255. The van der Waals surface area contributed by atoms with Crippen molar-refractivity contribution in [2.24, 2.45) is 0 Å². The highest BCUT2D eigenvalue weighted by Gasteiger charge is 2.21. The van der Waals surface area contributed by atoms with Gasteiger partial charge >= 0.3 is 6.03 Å². The molecule has 0 bridgehead atoms. The number of carbonyl (C=O) groups excluding carboxylic acids is 1. The van der Waals surface area contributed by atoms with Crippen molar-refractivity contribution >= 4 is 27.4 Å². The van der Waals surface area contributed by atoms with Crippen LogP contribution in [0, 0.1) is 0 Å². The molecule has 8 nitrogen and oxygen atoms in total. The molecule has 0 spiro atoms. The number of amides is 2. The van der Waals surface area contributed by atoms with Crippen LogP contribution in [0.2, 0.25) is 0 Å². The van der Waals surface area contributed by atoms with Crippen LogP contribution in [0.3, 0.4) is 0 Å². The van der Waals surface area contributed by atoms with Crippen molar-refractivity contribution in [2.45, 2.75) is 31.2 Å². The number of benzene rings is 2. The van der Waals surface area contributed by atoms with Crippen LogP contribution < -0.4 is 24.8 Å². The number of carbonyl (C=O) groups is 1. The van der Waals surface area contributed by atoms with E-state index in [0.29, 0.717) is 17.1 Å².